The lowest BCUT2D eigenvalue weighted by atomic mass is 9.86. The molecule has 41 heavy (non-hydrogen) atoms. The number of ether oxygens (including phenoxy) is 1. The molecule has 2 saturated carbocycles. The summed E-state index contributed by atoms with van der Waals surface area (Å²) in [5.41, 5.74) is -0.865. The number of amides is 2. The zero-order valence-electron chi connectivity index (χ0n) is 21.9. The van der Waals surface area contributed by atoms with E-state index in [1.165, 1.54) is 18.2 Å². The van der Waals surface area contributed by atoms with Gasteiger partial charge >= 0.3 is 6.18 Å². The molecule has 0 atom stereocenters. The molecule has 12 heteroatoms. The number of alkyl halides is 3. The van der Waals surface area contributed by atoms with Crippen LogP contribution in [-0.4, -0.2) is 35.6 Å². The van der Waals surface area contributed by atoms with Gasteiger partial charge in [-0.15, -0.1) is 0 Å². The Hall–Kier alpha value is -3.60. The number of nitrogens with one attached hydrogen (secondary N) is 2. The number of fused-ring (bicyclic) bond motifs is 1. The Labute approximate surface area is 237 Å². The number of hydrogen-bond acceptors (Lipinski definition) is 4. The van der Waals surface area contributed by atoms with Crippen molar-refractivity contribution >= 4 is 34.3 Å². The van der Waals surface area contributed by atoms with Crippen molar-refractivity contribution in [2.75, 3.05) is 13.2 Å². The van der Waals surface area contributed by atoms with Crippen LogP contribution in [0.4, 0.5) is 17.6 Å². The highest BCUT2D eigenvalue weighted by molar-refractivity contribution is 6.31. The van der Waals surface area contributed by atoms with Gasteiger partial charge in [0.15, 0.2) is 6.61 Å². The number of rotatable bonds is 8. The van der Waals surface area contributed by atoms with Gasteiger partial charge < -0.3 is 19.9 Å². The van der Waals surface area contributed by atoms with Crippen molar-refractivity contribution in [3.8, 4) is 5.75 Å². The first kappa shape index (κ1) is 28.9. The third kappa shape index (κ3) is 6.83. The number of carbonyl (C=O) groups is 2. The summed E-state index contributed by atoms with van der Waals surface area (Å²) in [5, 5.41) is 5.76. The normalized spacial score (nSPS) is 19.1. The summed E-state index contributed by atoms with van der Waals surface area (Å²) >= 11 is 5.95. The molecular formula is C29H28ClF4N3O4. The minimum atomic E-state index is -4.44. The molecule has 2 fully saturated rings. The van der Waals surface area contributed by atoms with Crippen LogP contribution >= 0.6 is 11.6 Å². The molecule has 2 aliphatic carbocycles. The van der Waals surface area contributed by atoms with E-state index in [0.717, 1.165) is 43.9 Å². The molecule has 2 aromatic carbocycles. The minimum absolute atomic E-state index is 0.0337. The van der Waals surface area contributed by atoms with Gasteiger partial charge in [0.2, 0.25) is 5.43 Å². The molecule has 2 amide bonds. The Balaban J connectivity index is 1.10. The van der Waals surface area contributed by atoms with Crippen LogP contribution in [0.25, 0.3) is 10.9 Å². The average molecular weight is 594 g/mol. The third-order valence-electron chi connectivity index (χ3n) is 7.58. The summed E-state index contributed by atoms with van der Waals surface area (Å²) in [6.45, 7) is 0.0811. The van der Waals surface area contributed by atoms with E-state index in [4.69, 9.17) is 16.3 Å². The molecule has 218 valence electrons. The third-order valence-corrected chi connectivity index (χ3v) is 7.87. The molecule has 2 aliphatic rings. The first-order valence-electron chi connectivity index (χ1n) is 13.4. The molecule has 0 spiro atoms. The van der Waals surface area contributed by atoms with Crippen molar-refractivity contribution in [1.29, 1.82) is 0 Å². The SMILES string of the molecule is O=C(COc1ccc(C(F)(F)F)cc1)NCC1CCC(NC(=O)c2cn(C3CC3)c3cc(Cl)c(F)cc3c2=O)CC1. The van der Waals surface area contributed by atoms with Gasteiger partial charge in [-0.3, -0.25) is 14.4 Å². The molecule has 0 bridgehead atoms. The average Bonchev–Trinajstić information content (AvgIpc) is 3.78. The Bertz CT molecular complexity index is 1510. The maximum absolute atomic E-state index is 14.2. The van der Waals surface area contributed by atoms with Crippen molar-refractivity contribution in [3.63, 3.8) is 0 Å². The van der Waals surface area contributed by atoms with Crippen LogP contribution < -0.4 is 20.8 Å². The largest absolute Gasteiger partial charge is 0.484 e. The summed E-state index contributed by atoms with van der Waals surface area (Å²) in [7, 11) is 0. The predicted molar refractivity (Wildman–Crippen MR) is 145 cm³/mol. The summed E-state index contributed by atoms with van der Waals surface area (Å²) in [6.07, 6.45) is 1.68. The van der Waals surface area contributed by atoms with Gasteiger partial charge in [0.25, 0.3) is 11.8 Å². The second-order valence-corrected chi connectivity index (χ2v) is 11.0. The lowest BCUT2D eigenvalue weighted by Crippen LogP contribution is -2.41. The van der Waals surface area contributed by atoms with Gasteiger partial charge in [-0.2, -0.15) is 13.2 Å². The molecule has 0 radical (unpaired) electrons. The van der Waals surface area contributed by atoms with Gasteiger partial charge in [0.1, 0.15) is 17.1 Å². The van der Waals surface area contributed by atoms with Crippen molar-refractivity contribution in [3.05, 3.63) is 74.8 Å². The van der Waals surface area contributed by atoms with Crippen molar-refractivity contribution in [2.24, 2.45) is 5.92 Å². The van der Waals surface area contributed by atoms with E-state index < -0.39 is 28.9 Å². The molecular weight excluding hydrogens is 566 g/mol. The van der Waals surface area contributed by atoms with Gasteiger partial charge in [0.05, 0.1) is 16.1 Å². The summed E-state index contributed by atoms with van der Waals surface area (Å²) in [5.74, 6) is -1.26. The van der Waals surface area contributed by atoms with Crippen molar-refractivity contribution in [1.82, 2.24) is 15.2 Å². The van der Waals surface area contributed by atoms with Crippen LogP contribution in [0, 0.1) is 11.7 Å². The molecule has 1 heterocycles. The number of carbonyl (C=O) groups excluding carboxylic acids is 2. The lowest BCUT2D eigenvalue weighted by molar-refractivity contribution is -0.137. The molecule has 5 rings (SSSR count). The van der Waals surface area contributed by atoms with Crippen LogP contribution in [-0.2, 0) is 11.0 Å². The Morgan fingerprint density at radius 2 is 1.71 bits per heavy atom. The van der Waals surface area contributed by atoms with E-state index in [1.807, 2.05) is 4.57 Å². The summed E-state index contributed by atoms with van der Waals surface area (Å²) in [6, 6.07) is 6.61. The second kappa shape index (κ2) is 11.7. The molecule has 1 aromatic heterocycles. The number of benzene rings is 2. The Morgan fingerprint density at radius 1 is 1.02 bits per heavy atom. The van der Waals surface area contributed by atoms with E-state index in [1.54, 1.807) is 6.20 Å². The van der Waals surface area contributed by atoms with Gasteiger partial charge in [0, 0.05) is 30.2 Å². The first-order chi connectivity index (χ1) is 19.5. The van der Waals surface area contributed by atoms with E-state index >= 15 is 0 Å². The van der Waals surface area contributed by atoms with E-state index in [0.29, 0.717) is 24.9 Å². The maximum atomic E-state index is 14.2. The predicted octanol–water partition coefficient (Wildman–Crippen LogP) is 5.63. The fraction of sp³-hybridized carbons (Fsp3) is 0.414. The molecule has 0 aliphatic heterocycles. The molecule has 0 unspecified atom stereocenters. The van der Waals surface area contributed by atoms with E-state index in [2.05, 4.69) is 10.6 Å². The fourth-order valence-corrected chi connectivity index (χ4v) is 5.29. The van der Waals surface area contributed by atoms with E-state index in [9.17, 15) is 31.9 Å². The summed E-state index contributed by atoms with van der Waals surface area (Å²) < 4.78 is 59.2. The zero-order valence-corrected chi connectivity index (χ0v) is 22.7. The molecule has 0 saturated heterocycles. The smallest absolute Gasteiger partial charge is 0.416 e. The highest BCUT2D eigenvalue weighted by Crippen LogP contribution is 2.38. The monoisotopic (exact) mass is 593 g/mol. The van der Waals surface area contributed by atoms with Crippen molar-refractivity contribution < 1.29 is 31.9 Å². The number of pyridine rings is 1. The van der Waals surface area contributed by atoms with Gasteiger partial charge in [-0.1, -0.05) is 11.6 Å². The molecule has 3 aromatic rings. The topological polar surface area (TPSA) is 89.4 Å². The first-order valence-corrected chi connectivity index (χ1v) is 13.8. The number of aromatic nitrogens is 1. The van der Waals surface area contributed by atoms with Crippen LogP contribution in [0.1, 0.15) is 60.5 Å². The highest BCUT2D eigenvalue weighted by Gasteiger charge is 2.31. The van der Waals surface area contributed by atoms with E-state index in [-0.39, 0.29) is 52.2 Å². The number of halogens is 5. The quantitative estimate of drug-likeness (QED) is 0.331. The van der Waals surface area contributed by atoms with Crippen LogP contribution in [0.5, 0.6) is 5.75 Å². The Morgan fingerprint density at radius 3 is 2.34 bits per heavy atom. The van der Waals surface area contributed by atoms with Gasteiger partial charge in [-0.05, 0) is 80.8 Å². The van der Waals surface area contributed by atoms with Crippen LogP contribution in [0.3, 0.4) is 0 Å². The highest BCUT2D eigenvalue weighted by atomic mass is 35.5. The standard InChI is InChI=1S/C29H28ClF4N3O4/c30-23-12-25-21(11-24(23)31)27(39)22(14-37(25)19-7-8-19)28(40)36-18-5-1-16(2-6-18)13-35-26(38)15-41-20-9-3-17(4-10-20)29(32,33)34/h3-4,9-12,14,16,18-19H,1-2,5-8,13,15H2,(H,35,38)(H,36,40). The van der Waals surface area contributed by atoms with Crippen molar-refractivity contribution in [2.45, 2.75) is 56.8 Å². The number of nitrogens with zero attached hydrogens (tertiary/aromatic N) is 1. The molecule has 2 N–H and O–H groups in total. The summed E-state index contributed by atoms with van der Waals surface area (Å²) in [4.78, 5) is 38.4. The minimum Gasteiger partial charge on any atom is -0.484 e. The Kier molecular flexibility index (Phi) is 8.26. The van der Waals surface area contributed by atoms with Crippen LogP contribution in [0.15, 0.2) is 47.4 Å². The lowest BCUT2D eigenvalue weighted by Gasteiger charge is -2.29. The zero-order chi connectivity index (χ0) is 29.3. The second-order valence-electron chi connectivity index (χ2n) is 10.6. The fourth-order valence-electron chi connectivity index (χ4n) is 5.13. The maximum Gasteiger partial charge on any atom is 0.416 e. The van der Waals surface area contributed by atoms with Gasteiger partial charge in [-0.25, -0.2) is 4.39 Å². The van der Waals surface area contributed by atoms with Crippen LogP contribution in [0.2, 0.25) is 5.02 Å². The molecule has 7 nitrogen and oxygen atoms in total. The number of hydrogen-bond donors (Lipinski definition) is 2.